The molecule has 1 aliphatic rings. The van der Waals surface area contributed by atoms with Crippen LogP contribution >= 0.6 is 12.2 Å². The minimum Gasteiger partial charge on any atom is -0.379 e. The average Bonchev–Trinajstić information content (AvgIpc) is 2.83. The second-order valence-corrected chi connectivity index (χ2v) is 5.14. The van der Waals surface area contributed by atoms with Crippen molar-refractivity contribution < 1.29 is 4.74 Å². The van der Waals surface area contributed by atoms with Gasteiger partial charge in [0.15, 0.2) is 0 Å². The van der Waals surface area contributed by atoms with Gasteiger partial charge in [0.1, 0.15) is 0 Å². The topological polar surface area (TPSA) is 48.1 Å². The van der Waals surface area contributed by atoms with Crippen molar-refractivity contribution in [1.29, 1.82) is 0 Å². The Balaban J connectivity index is 1.70. The van der Waals surface area contributed by atoms with E-state index in [0.29, 0.717) is 18.0 Å². The zero-order valence-corrected chi connectivity index (χ0v) is 12.0. The Bertz CT molecular complexity index is 603. The van der Waals surface area contributed by atoms with E-state index in [2.05, 4.69) is 27.5 Å². The Labute approximate surface area is 122 Å². The first kappa shape index (κ1) is 13.4. The molecule has 20 heavy (non-hydrogen) atoms. The van der Waals surface area contributed by atoms with Crippen molar-refractivity contribution in [3.63, 3.8) is 0 Å². The molecule has 0 N–H and O–H groups in total. The average molecular weight is 291 g/mol. The van der Waals surface area contributed by atoms with Crippen LogP contribution in [0, 0.1) is 4.77 Å². The molecule has 1 fully saturated rings. The number of nitrogens with zero attached hydrogens (tertiary/aromatic N) is 5. The minimum absolute atomic E-state index is 0.653. The highest BCUT2D eigenvalue weighted by Gasteiger charge is 2.13. The second-order valence-electron chi connectivity index (χ2n) is 4.78. The largest absolute Gasteiger partial charge is 0.379 e. The van der Waals surface area contributed by atoms with Gasteiger partial charge in [0.2, 0.25) is 4.77 Å². The summed E-state index contributed by atoms with van der Waals surface area (Å²) in [5.74, 6) is 0. The standard InChI is InChI=1S/C13H17N5OS/c20-13-17(10-12-4-2-1-3-5-12)14-15-18(13)11-16-6-8-19-9-7-16/h1-5H,6-11H2. The van der Waals surface area contributed by atoms with Crippen LogP contribution in [0.5, 0.6) is 0 Å². The maximum atomic E-state index is 5.44. The molecular formula is C13H17N5OS. The molecule has 2 heterocycles. The van der Waals surface area contributed by atoms with Crippen molar-refractivity contribution in [3.8, 4) is 0 Å². The van der Waals surface area contributed by atoms with Crippen molar-refractivity contribution in [1.82, 2.24) is 24.7 Å². The molecule has 106 valence electrons. The van der Waals surface area contributed by atoms with Crippen LogP contribution in [0.2, 0.25) is 0 Å². The highest BCUT2D eigenvalue weighted by molar-refractivity contribution is 7.71. The number of aromatic nitrogens is 4. The summed E-state index contributed by atoms with van der Waals surface area (Å²) < 4.78 is 9.51. The first-order valence-corrected chi connectivity index (χ1v) is 7.08. The Hall–Kier alpha value is -1.57. The van der Waals surface area contributed by atoms with Crippen molar-refractivity contribution in [2.45, 2.75) is 13.2 Å². The lowest BCUT2D eigenvalue weighted by atomic mass is 10.2. The number of morpholine rings is 1. The van der Waals surface area contributed by atoms with Gasteiger partial charge >= 0.3 is 0 Å². The molecule has 0 radical (unpaired) electrons. The van der Waals surface area contributed by atoms with Crippen molar-refractivity contribution in [2.24, 2.45) is 0 Å². The van der Waals surface area contributed by atoms with E-state index >= 15 is 0 Å². The van der Waals surface area contributed by atoms with Gasteiger partial charge in [-0.3, -0.25) is 4.90 Å². The molecule has 7 heteroatoms. The molecule has 0 spiro atoms. The summed E-state index contributed by atoms with van der Waals surface area (Å²) >= 11 is 5.44. The van der Waals surface area contributed by atoms with E-state index in [0.717, 1.165) is 26.3 Å². The lowest BCUT2D eigenvalue weighted by molar-refractivity contribution is 0.0207. The maximum Gasteiger partial charge on any atom is 0.217 e. The summed E-state index contributed by atoms with van der Waals surface area (Å²) in [5.41, 5.74) is 1.17. The molecule has 1 aliphatic heterocycles. The Morgan fingerprint density at radius 3 is 2.50 bits per heavy atom. The minimum atomic E-state index is 0.653. The van der Waals surface area contributed by atoms with Gasteiger partial charge in [-0.05, 0) is 28.2 Å². The third kappa shape index (κ3) is 3.12. The molecule has 1 aromatic carbocycles. The van der Waals surface area contributed by atoms with Crippen LogP contribution in [-0.2, 0) is 18.0 Å². The molecule has 0 unspecified atom stereocenters. The number of tetrazole rings is 1. The first-order valence-electron chi connectivity index (χ1n) is 6.67. The maximum absolute atomic E-state index is 5.44. The molecule has 3 rings (SSSR count). The predicted molar refractivity (Wildman–Crippen MR) is 76.8 cm³/mol. The van der Waals surface area contributed by atoms with E-state index in [-0.39, 0.29) is 0 Å². The summed E-state index contributed by atoms with van der Waals surface area (Å²) in [6, 6.07) is 10.1. The van der Waals surface area contributed by atoms with Gasteiger partial charge in [0.05, 0.1) is 26.4 Å². The fourth-order valence-electron chi connectivity index (χ4n) is 2.18. The molecule has 1 aromatic heterocycles. The van der Waals surface area contributed by atoms with Crippen LogP contribution in [0.15, 0.2) is 30.3 Å². The Morgan fingerprint density at radius 2 is 1.75 bits per heavy atom. The molecule has 2 aromatic rings. The number of ether oxygens (including phenoxy) is 1. The summed E-state index contributed by atoms with van der Waals surface area (Å²) in [5, 5.41) is 8.29. The van der Waals surface area contributed by atoms with Crippen LogP contribution < -0.4 is 0 Å². The fourth-order valence-corrected chi connectivity index (χ4v) is 2.38. The molecule has 0 bridgehead atoms. The van der Waals surface area contributed by atoms with E-state index in [1.165, 1.54) is 5.56 Å². The molecular weight excluding hydrogens is 274 g/mol. The van der Waals surface area contributed by atoms with Gasteiger partial charge in [-0.2, -0.15) is 0 Å². The Morgan fingerprint density at radius 1 is 1.05 bits per heavy atom. The zero-order chi connectivity index (χ0) is 13.8. The summed E-state index contributed by atoms with van der Waals surface area (Å²) in [6.45, 7) is 4.69. The van der Waals surface area contributed by atoms with Gasteiger partial charge in [-0.1, -0.05) is 30.3 Å². The van der Waals surface area contributed by atoms with Gasteiger partial charge in [-0.15, -0.1) is 0 Å². The summed E-state index contributed by atoms with van der Waals surface area (Å²) in [6.07, 6.45) is 0. The Kier molecular flexibility index (Phi) is 4.19. The van der Waals surface area contributed by atoms with Crippen LogP contribution in [0.25, 0.3) is 0 Å². The third-order valence-electron chi connectivity index (χ3n) is 3.31. The highest BCUT2D eigenvalue weighted by Crippen LogP contribution is 2.04. The van der Waals surface area contributed by atoms with E-state index in [1.807, 2.05) is 18.2 Å². The smallest absolute Gasteiger partial charge is 0.217 e. The molecule has 6 nitrogen and oxygen atoms in total. The van der Waals surface area contributed by atoms with Crippen LogP contribution in [0.4, 0.5) is 0 Å². The normalized spacial score (nSPS) is 16.4. The second kappa shape index (κ2) is 6.25. The first-order chi connectivity index (χ1) is 9.83. The molecule has 0 saturated carbocycles. The fraction of sp³-hybridized carbons (Fsp3) is 0.462. The molecule has 0 amide bonds. The lowest BCUT2D eigenvalue weighted by Gasteiger charge is -2.25. The molecule has 1 saturated heterocycles. The number of hydrogen-bond donors (Lipinski definition) is 0. The van der Waals surface area contributed by atoms with Crippen molar-refractivity contribution in [3.05, 3.63) is 40.7 Å². The van der Waals surface area contributed by atoms with Crippen LogP contribution in [0.3, 0.4) is 0 Å². The molecule has 0 atom stereocenters. The quantitative estimate of drug-likeness (QED) is 0.791. The summed E-state index contributed by atoms with van der Waals surface area (Å²) in [4.78, 5) is 2.26. The van der Waals surface area contributed by atoms with E-state index in [4.69, 9.17) is 17.0 Å². The number of hydrogen-bond acceptors (Lipinski definition) is 5. The van der Waals surface area contributed by atoms with E-state index in [1.54, 1.807) is 9.36 Å². The highest BCUT2D eigenvalue weighted by atomic mass is 32.1. The lowest BCUT2D eigenvalue weighted by Crippen LogP contribution is -2.37. The SMILES string of the molecule is S=c1n(Cc2ccccc2)nnn1CN1CCOCC1. The van der Waals surface area contributed by atoms with Crippen molar-refractivity contribution in [2.75, 3.05) is 26.3 Å². The summed E-state index contributed by atoms with van der Waals surface area (Å²) in [7, 11) is 0. The predicted octanol–water partition coefficient (Wildman–Crippen LogP) is 1.15. The van der Waals surface area contributed by atoms with Crippen LogP contribution in [-0.4, -0.2) is 51.0 Å². The van der Waals surface area contributed by atoms with E-state index in [9.17, 15) is 0 Å². The number of rotatable bonds is 4. The van der Waals surface area contributed by atoms with E-state index < -0.39 is 0 Å². The molecule has 0 aliphatic carbocycles. The third-order valence-corrected chi connectivity index (χ3v) is 3.73. The number of benzene rings is 1. The van der Waals surface area contributed by atoms with Gasteiger partial charge in [-0.25, -0.2) is 9.36 Å². The van der Waals surface area contributed by atoms with Gasteiger partial charge < -0.3 is 4.74 Å². The van der Waals surface area contributed by atoms with Gasteiger partial charge in [0, 0.05) is 13.1 Å². The van der Waals surface area contributed by atoms with Gasteiger partial charge in [0.25, 0.3) is 0 Å². The zero-order valence-electron chi connectivity index (χ0n) is 11.2. The van der Waals surface area contributed by atoms with Crippen molar-refractivity contribution >= 4 is 12.2 Å². The monoisotopic (exact) mass is 291 g/mol. The van der Waals surface area contributed by atoms with Crippen LogP contribution in [0.1, 0.15) is 5.56 Å².